The first kappa shape index (κ1) is 24.8. The molecular weight excluding hydrogens is 482 g/mol. The minimum Gasteiger partial charge on any atom is -0.633 e. The van der Waals surface area contributed by atoms with Gasteiger partial charge in [0.05, 0.1) is 49.5 Å². The molecule has 2 bridgehead atoms. The number of ether oxygens (including phenoxy) is 2. The molecule has 6 aliphatic rings. The highest BCUT2D eigenvalue weighted by Gasteiger charge is 2.67. The zero-order valence-electron chi connectivity index (χ0n) is 23.9. The number of fused-ring (bicyclic) bond motifs is 2. The molecule has 4 nitrogen and oxygen atoms in total. The van der Waals surface area contributed by atoms with Crippen LogP contribution >= 0.6 is 0 Å². The van der Waals surface area contributed by atoms with Crippen LogP contribution in [0.1, 0.15) is 76.7 Å². The fraction of sp³-hybridized carbons (Fsp3) is 0.600. The fourth-order valence-corrected chi connectivity index (χ4v) is 10.2. The predicted octanol–water partition coefficient (Wildman–Crippen LogP) is 7.43. The van der Waals surface area contributed by atoms with Gasteiger partial charge in [-0.15, -0.1) is 0 Å². The highest BCUT2D eigenvalue weighted by Crippen LogP contribution is 2.69. The van der Waals surface area contributed by atoms with Gasteiger partial charge >= 0.3 is 0 Å². The molecular formula is C35H43NO3. The van der Waals surface area contributed by atoms with E-state index < -0.39 is 0 Å². The van der Waals surface area contributed by atoms with Gasteiger partial charge in [0.15, 0.2) is 0 Å². The van der Waals surface area contributed by atoms with Crippen LogP contribution in [0, 0.1) is 22.0 Å². The summed E-state index contributed by atoms with van der Waals surface area (Å²) in [4.78, 5) is 0. The van der Waals surface area contributed by atoms with Crippen molar-refractivity contribution in [2.75, 3.05) is 26.8 Å². The summed E-state index contributed by atoms with van der Waals surface area (Å²) in [5, 5.41) is 16.7. The number of nitrogens with zero attached hydrogens (tertiary/aromatic N) is 1. The zero-order chi connectivity index (χ0) is 26.7. The Morgan fingerprint density at radius 1 is 1.00 bits per heavy atom. The standard InChI is InChI=1S/C35H43NO3/c1-32(22-38-23-32)21-36(3,37)29-11-10-27-19-28-14-15-33(2)30(26-9-8-24-6-4-5-7-25(24)18-26)12-13-31(33)35(28)17-16-34(27,20-29)39-35/h4-9,14,18-19,29-31H,10-13,15-17,20-23H2,1-3H3/t29-,30-,31-,33-,34-,35?,36?/m1/s1. The van der Waals surface area contributed by atoms with E-state index in [0.29, 0.717) is 18.4 Å². The van der Waals surface area contributed by atoms with E-state index in [2.05, 4.69) is 68.5 Å². The van der Waals surface area contributed by atoms with Crippen LogP contribution in [0.3, 0.4) is 0 Å². The first-order valence-corrected chi connectivity index (χ1v) is 15.4. The van der Waals surface area contributed by atoms with Gasteiger partial charge in [0.1, 0.15) is 0 Å². The van der Waals surface area contributed by atoms with Crippen LogP contribution < -0.4 is 0 Å². The average Bonchev–Trinajstić information content (AvgIpc) is 3.42. The molecule has 4 heteroatoms. The number of quaternary nitrogens is 1. The zero-order valence-corrected chi connectivity index (χ0v) is 23.9. The molecule has 0 amide bonds. The number of hydrogen-bond donors (Lipinski definition) is 0. The quantitative estimate of drug-likeness (QED) is 0.308. The lowest BCUT2D eigenvalue weighted by molar-refractivity contribution is -0.896. The minimum atomic E-state index is -0.236. The van der Waals surface area contributed by atoms with E-state index in [1.807, 2.05) is 7.05 Å². The summed E-state index contributed by atoms with van der Waals surface area (Å²) < 4.78 is 12.8. The first-order valence-electron chi connectivity index (χ1n) is 15.4. The third-order valence-corrected chi connectivity index (χ3v) is 12.2. The average molecular weight is 526 g/mol. The van der Waals surface area contributed by atoms with Crippen molar-refractivity contribution in [3.05, 3.63) is 76.5 Å². The lowest BCUT2D eigenvalue weighted by Crippen LogP contribution is -2.61. The van der Waals surface area contributed by atoms with Crippen LogP contribution in [-0.2, 0) is 9.47 Å². The van der Waals surface area contributed by atoms with Gasteiger partial charge in [0.25, 0.3) is 0 Å². The van der Waals surface area contributed by atoms with Gasteiger partial charge < -0.3 is 19.3 Å². The van der Waals surface area contributed by atoms with Crippen LogP contribution in [0.25, 0.3) is 10.8 Å². The molecule has 0 aromatic heterocycles. The number of allylic oxidation sites excluding steroid dienone is 1. The number of hydrogen-bond acceptors (Lipinski definition) is 3. The van der Waals surface area contributed by atoms with Crippen LogP contribution in [0.15, 0.2) is 65.8 Å². The van der Waals surface area contributed by atoms with Crippen molar-refractivity contribution in [3.8, 4) is 0 Å². The maximum atomic E-state index is 14.0. The van der Waals surface area contributed by atoms with E-state index in [9.17, 15) is 5.21 Å². The van der Waals surface area contributed by atoms with Gasteiger partial charge in [-0.2, -0.15) is 0 Å². The van der Waals surface area contributed by atoms with Crippen molar-refractivity contribution in [1.82, 2.24) is 0 Å². The molecule has 206 valence electrons. The van der Waals surface area contributed by atoms with Crippen molar-refractivity contribution < 1.29 is 14.1 Å². The molecule has 2 saturated heterocycles. The highest BCUT2D eigenvalue weighted by molar-refractivity contribution is 5.83. The third-order valence-electron chi connectivity index (χ3n) is 12.2. The number of hydroxylamine groups is 3. The van der Waals surface area contributed by atoms with Crippen LogP contribution in [0.5, 0.6) is 0 Å². The number of rotatable bonds is 4. The molecule has 2 aromatic carbocycles. The molecule has 0 radical (unpaired) electrons. The molecule has 8 rings (SSSR count). The molecule has 4 fully saturated rings. The van der Waals surface area contributed by atoms with Crippen LogP contribution in [0.4, 0.5) is 0 Å². The monoisotopic (exact) mass is 525 g/mol. The first-order chi connectivity index (χ1) is 18.6. The summed E-state index contributed by atoms with van der Waals surface area (Å²) >= 11 is 0. The molecule has 3 aliphatic carbocycles. The fourth-order valence-electron chi connectivity index (χ4n) is 10.2. The number of benzene rings is 2. The predicted molar refractivity (Wildman–Crippen MR) is 155 cm³/mol. The Labute approximate surface area is 233 Å². The second kappa shape index (κ2) is 8.06. The molecule has 2 aromatic rings. The molecule has 2 unspecified atom stereocenters. The van der Waals surface area contributed by atoms with Gasteiger partial charge in [0, 0.05) is 12.8 Å². The van der Waals surface area contributed by atoms with Gasteiger partial charge in [-0.05, 0) is 90.2 Å². The summed E-state index contributed by atoms with van der Waals surface area (Å²) in [5.41, 5.74) is 4.24. The summed E-state index contributed by atoms with van der Waals surface area (Å²) in [6.07, 6.45) is 13.7. The Morgan fingerprint density at radius 3 is 2.62 bits per heavy atom. The second-order valence-corrected chi connectivity index (χ2v) is 14.8. The van der Waals surface area contributed by atoms with Crippen molar-refractivity contribution in [1.29, 1.82) is 0 Å². The van der Waals surface area contributed by atoms with Gasteiger partial charge in [-0.25, -0.2) is 0 Å². The largest absolute Gasteiger partial charge is 0.633 e. The molecule has 7 atom stereocenters. The maximum Gasteiger partial charge on any atom is 0.0975 e. The van der Waals surface area contributed by atoms with E-state index in [-0.39, 0.29) is 32.7 Å². The van der Waals surface area contributed by atoms with Crippen molar-refractivity contribution in [3.63, 3.8) is 0 Å². The Balaban J connectivity index is 1.11. The normalized spacial score (nSPS) is 41.5. The topological polar surface area (TPSA) is 41.5 Å². The molecule has 0 N–H and O–H groups in total. The van der Waals surface area contributed by atoms with Crippen LogP contribution in [-0.4, -0.2) is 48.7 Å². The Kier molecular flexibility index (Phi) is 5.12. The van der Waals surface area contributed by atoms with E-state index in [4.69, 9.17) is 9.47 Å². The Bertz CT molecular complexity index is 1400. The van der Waals surface area contributed by atoms with E-state index in [0.717, 1.165) is 51.7 Å². The summed E-state index contributed by atoms with van der Waals surface area (Å²) in [5.74, 6) is 1.08. The maximum absolute atomic E-state index is 14.0. The molecule has 3 aliphatic heterocycles. The van der Waals surface area contributed by atoms with Crippen molar-refractivity contribution in [2.24, 2.45) is 16.7 Å². The Hall–Kier alpha value is -1.98. The second-order valence-electron chi connectivity index (χ2n) is 14.8. The van der Waals surface area contributed by atoms with Gasteiger partial charge in [-0.3, -0.25) is 0 Å². The highest BCUT2D eigenvalue weighted by atomic mass is 16.6. The molecule has 2 spiro atoms. The van der Waals surface area contributed by atoms with Gasteiger partial charge in [0.2, 0.25) is 0 Å². The summed E-state index contributed by atoms with van der Waals surface area (Å²) in [6.45, 7) is 6.86. The molecule has 39 heavy (non-hydrogen) atoms. The summed E-state index contributed by atoms with van der Waals surface area (Å²) in [7, 11) is 1.92. The van der Waals surface area contributed by atoms with Crippen molar-refractivity contribution in [2.45, 2.75) is 88.4 Å². The smallest absolute Gasteiger partial charge is 0.0975 e. The van der Waals surface area contributed by atoms with Gasteiger partial charge in [-0.1, -0.05) is 61.5 Å². The lowest BCUT2D eigenvalue weighted by atomic mass is 9.58. The molecule has 3 heterocycles. The lowest BCUT2D eigenvalue weighted by Gasteiger charge is -2.58. The van der Waals surface area contributed by atoms with E-state index >= 15 is 0 Å². The van der Waals surface area contributed by atoms with Crippen LogP contribution in [0.2, 0.25) is 0 Å². The van der Waals surface area contributed by atoms with E-state index in [1.165, 1.54) is 40.3 Å². The minimum absolute atomic E-state index is 0.0251. The van der Waals surface area contributed by atoms with E-state index in [1.54, 1.807) is 0 Å². The SMILES string of the molecule is CC1(C[N+](C)([O-])[C@@H]2CCC3=CC4=CC[C@]5(C)[C@@H](c6ccc7ccccc7c6)CC[C@H]5C45CC[C@]3(C2)O5)COC1. The third kappa shape index (κ3) is 3.44. The molecule has 2 saturated carbocycles. The van der Waals surface area contributed by atoms with Crippen molar-refractivity contribution >= 4 is 10.8 Å². The Morgan fingerprint density at radius 2 is 1.82 bits per heavy atom. The summed E-state index contributed by atoms with van der Waals surface area (Å²) in [6, 6.07) is 16.0.